The van der Waals surface area contributed by atoms with Crippen LogP contribution >= 0.6 is 0 Å². The highest BCUT2D eigenvalue weighted by molar-refractivity contribution is 5.13. The number of nitrogens with zero attached hydrogens (tertiary/aromatic N) is 2. The lowest BCUT2D eigenvalue weighted by molar-refractivity contribution is 0.492. The van der Waals surface area contributed by atoms with Crippen molar-refractivity contribution >= 4 is 0 Å². The van der Waals surface area contributed by atoms with Crippen molar-refractivity contribution in [2.45, 2.75) is 20.3 Å². The Morgan fingerprint density at radius 2 is 2.33 bits per heavy atom. The highest BCUT2D eigenvalue weighted by atomic mass is 14.6. The molecule has 1 rings (SSSR count). The second kappa shape index (κ2) is 3.36. The summed E-state index contributed by atoms with van der Waals surface area (Å²) in [5.74, 6) is 0. The average molecular weight is 160 g/mol. The molecular formula is C10H12N2. The van der Waals surface area contributed by atoms with E-state index in [4.69, 9.17) is 5.26 Å². The number of rotatable bonds is 2. The van der Waals surface area contributed by atoms with E-state index < -0.39 is 0 Å². The van der Waals surface area contributed by atoms with Gasteiger partial charge in [-0.1, -0.05) is 6.07 Å². The van der Waals surface area contributed by atoms with Crippen LogP contribution in [0, 0.1) is 16.7 Å². The fourth-order valence-corrected chi connectivity index (χ4v) is 1.05. The van der Waals surface area contributed by atoms with Crippen LogP contribution in [0.25, 0.3) is 0 Å². The molecule has 2 nitrogen and oxygen atoms in total. The first-order valence-electron chi connectivity index (χ1n) is 3.94. The van der Waals surface area contributed by atoms with Crippen LogP contribution in [0.2, 0.25) is 0 Å². The van der Waals surface area contributed by atoms with Crippen LogP contribution in [0.3, 0.4) is 0 Å². The van der Waals surface area contributed by atoms with E-state index >= 15 is 0 Å². The summed E-state index contributed by atoms with van der Waals surface area (Å²) in [4.78, 5) is 3.99. The summed E-state index contributed by atoms with van der Waals surface area (Å²) in [5.41, 5.74) is 0.826. The normalized spacial score (nSPS) is 10.8. The zero-order valence-electron chi connectivity index (χ0n) is 7.41. The van der Waals surface area contributed by atoms with E-state index in [0.29, 0.717) is 0 Å². The zero-order valence-corrected chi connectivity index (χ0v) is 7.41. The molecule has 1 heterocycles. The molecule has 0 unspecified atom stereocenters. The molecule has 0 amide bonds. The Morgan fingerprint density at radius 1 is 1.58 bits per heavy atom. The van der Waals surface area contributed by atoms with Gasteiger partial charge in [-0.05, 0) is 31.9 Å². The fraction of sp³-hybridized carbons (Fsp3) is 0.400. The summed E-state index contributed by atoms with van der Waals surface area (Å²) in [5, 5.41) is 8.78. The number of hydrogen-bond donors (Lipinski definition) is 0. The van der Waals surface area contributed by atoms with Gasteiger partial charge in [-0.15, -0.1) is 0 Å². The maximum absolute atomic E-state index is 8.78. The van der Waals surface area contributed by atoms with Gasteiger partial charge < -0.3 is 0 Å². The maximum atomic E-state index is 8.78. The third-order valence-corrected chi connectivity index (χ3v) is 1.67. The molecule has 12 heavy (non-hydrogen) atoms. The molecule has 2 heteroatoms. The van der Waals surface area contributed by atoms with Crippen LogP contribution in [-0.2, 0) is 6.42 Å². The van der Waals surface area contributed by atoms with E-state index in [1.807, 2.05) is 26.0 Å². The van der Waals surface area contributed by atoms with Crippen molar-refractivity contribution < 1.29 is 0 Å². The molecule has 0 aliphatic rings. The number of pyridine rings is 1. The molecule has 0 saturated heterocycles. The van der Waals surface area contributed by atoms with Crippen LogP contribution in [-0.4, -0.2) is 4.98 Å². The van der Waals surface area contributed by atoms with Gasteiger partial charge in [0, 0.05) is 12.4 Å². The summed E-state index contributed by atoms with van der Waals surface area (Å²) in [7, 11) is 0. The Morgan fingerprint density at radius 3 is 2.83 bits per heavy atom. The largest absolute Gasteiger partial charge is 0.264 e. The summed E-state index contributed by atoms with van der Waals surface area (Å²) in [6, 6.07) is 6.15. The molecule has 0 radical (unpaired) electrons. The molecule has 0 spiro atoms. The highest BCUT2D eigenvalue weighted by Crippen LogP contribution is 2.19. The molecule has 0 saturated carbocycles. The third kappa shape index (κ3) is 2.35. The summed E-state index contributed by atoms with van der Waals surface area (Å²) >= 11 is 0. The van der Waals surface area contributed by atoms with Crippen molar-refractivity contribution in [1.82, 2.24) is 4.98 Å². The Hall–Kier alpha value is -1.36. The van der Waals surface area contributed by atoms with Gasteiger partial charge in [0.05, 0.1) is 11.5 Å². The predicted octanol–water partition coefficient (Wildman–Crippen LogP) is 2.17. The van der Waals surface area contributed by atoms with E-state index in [2.05, 4.69) is 11.1 Å². The van der Waals surface area contributed by atoms with Crippen LogP contribution in [0.5, 0.6) is 0 Å². The number of hydrogen-bond acceptors (Lipinski definition) is 2. The molecule has 0 atom stereocenters. The number of aromatic nitrogens is 1. The summed E-state index contributed by atoms with van der Waals surface area (Å²) in [6.07, 6.45) is 4.30. The van der Waals surface area contributed by atoms with Gasteiger partial charge >= 0.3 is 0 Å². The van der Waals surface area contributed by atoms with Gasteiger partial charge in [0.15, 0.2) is 0 Å². The molecular weight excluding hydrogens is 148 g/mol. The monoisotopic (exact) mass is 160 g/mol. The molecule has 0 fully saturated rings. The smallest absolute Gasteiger partial charge is 0.0687 e. The minimum Gasteiger partial charge on any atom is -0.264 e. The first kappa shape index (κ1) is 8.73. The fourth-order valence-electron chi connectivity index (χ4n) is 1.05. The lowest BCUT2D eigenvalue weighted by Gasteiger charge is -2.13. The van der Waals surface area contributed by atoms with Gasteiger partial charge in [-0.3, -0.25) is 4.98 Å². The van der Waals surface area contributed by atoms with E-state index in [1.54, 1.807) is 12.4 Å². The Kier molecular flexibility index (Phi) is 2.44. The predicted molar refractivity (Wildman–Crippen MR) is 47.3 cm³/mol. The quantitative estimate of drug-likeness (QED) is 0.664. The van der Waals surface area contributed by atoms with Crippen molar-refractivity contribution in [2.24, 2.45) is 5.41 Å². The highest BCUT2D eigenvalue weighted by Gasteiger charge is 2.16. The topological polar surface area (TPSA) is 36.7 Å². The molecule has 0 bridgehead atoms. The van der Waals surface area contributed by atoms with Crippen LogP contribution in [0.15, 0.2) is 24.5 Å². The second-order valence-corrected chi connectivity index (χ2v) is 3.53. The van der Waals surface area contributed by atoms with Crippen molar-refractivity contribution in [2.75, 3.05) is 0 Å². The van der Waals surface area contributed by atoms with Crippen LogP contribution in [0.4, 0.5) is 0 Å². The Bertz CT molecular complexity index is 282. The molecule has 0 aromatic carbocycles. The maximum Gasteiger partial charge on any atom is 0.0687 e. The van der Waals surface area contributed by atoms with E-state index in [1.165, 1.54) is 0 Å². The third-order valence-electron chi connectivity index (χ3n) is 1.67. The first-order chi connectivity index (χ1) is 5.64. The standard InChI is InChI=1S/C10H12N2/c1-10(2,8-11)6-9-4-3-5-12-7-9/h3-5,7H,6H2,1-2H3. The lowest BCUT2D eigenvalue weighted by atomic mass is 9.88. The molecule has 0 aliphatic carbocycles. The first-order valence-corrected chi connectivity index (χ1v) is 3.94. The van der Waals surface area contributed by atoms with Gasteiger partial charge in [0.25, 0.3) is 0 Å². The minimum absolute atomic E-state index is 0.289. The molecule has 1 aromatic rings. The SMILES string of the molecule is CC(C)(C#N)Cc1cccnc1. The van der Waals surface area contributed by atoms with Gasteiger partial charge in [0.1, 0.15) is 0 Å². The molecule has 1 aromatic heterocycles. The Balaban J connectivity index is 2.72. The van der Waals surface area contributed by atoms with Crippen molar-refractivity contribution in [1.29, 1.82) is 5.26 Å². The van der Waals surface area contributed by atoms with Crippen molar-refractivity contribution in [3.8, 4) is 6.07 Å². The second-order valence-electron chi connectivity index (χ2n) is 3.53. The molecule has 0 aliphatic heterocycles. The Labute approximate surface area is 72.9 Å². The van der Waals surface area contributed by atoms with E-state index in [9.17, 15) is 0 Å². The van der Waals surface area contributed by atoms with E-state index in [-0.39, 0.29) is 5.41 Å². The van der Waals surface area contributed by atoms with Crippen LogP contribution < -0.4 is 0 Å². The van der Waals surface area contributed by atoms with Crippen molar-refractivity contribution in [3.63, 3.8) is 0 Å². The van der Waals surface area contributed by atoms with Gasteiger partial charge in [-0.2, -0.15) is 5.26 Å². The van der Waals surface area contributed by atoms with Gasteiger partial charge in [0.2, 0.25) is 0 Å². The average Bonchev–Trinajstić information content (AvgIpc) is 2.06. The minimum atomic E-state index is -0.289. The number of nitriles is 1. The zero-order chi connectivity index (χ0) is 9.03. The van der Waals surface area contributed by atoms with E-state index in [0.717, 1.165) is 12.0 Å². The lowest BCUT2D eigenvalue weighted by Crippen LogP contribution is -2.11. The van der Waals surface area contributed by atoms with Crippen LogP contribution in [0.1, 0.15) is 19.4 Å². The molecule has 0 N–H and O–H groups in total. The van der Waals surface area contributed by atoms with Gasteiger partial charge in [-0.25, -0.2) is 0 Å². The molecule has 62 valence electrons. The van der Waals surface area contributed by atoms with Crippen molar-refractivity contribution in [3.05, 3.63) is 30.1 Å². The summed E-state index contributed by atoms with van der Waals surface area (Å²) < 4.78 is 0. The summed E-state index contributed by atoms with van der Waals surface area (Å²) in [6.45, 7) is 3.86.